The van der Waals surface area contributed by atoms with Gasteiger partial charge in [-0.05, 0) is 43.4 Å². The molecule has 2 rings (SSSR count). The lowest BCUT2D eigenvalue weighted by Crippen LogP contribution is -2.25. The van der Waals surface area contributed by atoms with Crippen LogP contribution in [-0.2, 0) is 4.74 Å². The van der Waals surface area contributed by atoms with E-state index in [1.807, 2.05) is 0 Å². The maximum atomic E-state index is 12.2. The maximum absolute atomic E-state index is 12.2. The minimum absolute atomic E-state index is 0.0886. The van der Waals surface area contributed by atoms with Crippen molar-refractivity contribution in [1.29, 1.82) is 0 Å². The van der Waals surface area contributed by atoms with Crippen LogP contribution in [0, 0.1) is 5.92 Å². The Balaban J connectivity index is 1.76. The molecule has 1 N–H and O–H groups in total. The highest BCUT2D eigenvalue weighted by atomic mass is 19.3. The van der Waals surface area contributed by atoms with Crippen molar-refractivity contribution < 1.29 is 27.8 Å². The normalized spacial score (nSPS) is 13.9. The van der Waals surface area contributed by atoms with Crippen molar-refractivity contribution in [3.05, 3.63) is 23.8 Å². The van der Waals surface area contributed by atoms with E-state index in [0.29, 0.717) is 18.7 Å². The molecule has 0 unspecified atom stereocenters. The van der Waals surface area contributed by atoms with E-state index >= 15 is 0 Å². The Morgan fingerprint density at radius 2 is 2.13 bits per heavy atom. The van der Waals surface area contributed by atoms with Crippen LogP contribution in [0.1, 0.15) is 29.6 Å². The average Bonchev–Trinajstić information content (AvgIpc) is 3.34. The molecule has 1 aromatic carbocycles. The zero-order valence-electron chi connectivity index (χ0n) is 13.0. The van der Waals surface area contributed by atoms with Crippen molar-refractivity contribution in [2.24, 2.45) is 5.92 Å². The van der Waals surface area contributed by atoms with Gasteiger partial charge in [-0.1, -0.05) is 0 Å². The molecule has 1 aliphatic rings. The first-order valence-electron chi connectivity index (χ1n) is 7.59. The molecule has 7 heteroatoms. The van der Waals surface area contributed by atoms with Crippen molar-refractivity contribution in [3.63, 3.8) is 0 Å². The molecule has 0 saturated heterocycles. The Morgan fingerprint density at radius 3 is 2.78 bits per heavy atom. The lowest BCUT2D eigenvalue weighted by Gasteiger charge is -2.11. The van der Waals surface area contributed by atoms with Crippen molar-refractivity contribution >= 4 is 5.91 Å². The highest BCUT2D eigenvalue weighted by Gasteiger charge is 2.20. The molecule has 128 valence electrons. The summed E-state index contributed by atoms with van der Waals surface area (Å²) in [6, 6.07) is 4.08. The van der Waals surface area contributed by atoms with E-state index < -0.39 is 6.61 Å². The predicted octanol–water partition coefficient (Wildman–Crippen LogP) is 2.84. The molecule has 0 heterocycles. The molecule has 5 nitrogen and oxygen atoms in total. The van der Waals surface area contributed by atoms with E-state index in [0.717, 1.165) is 18.9 Å². The lowest BCUT2D eigenvalue weighted by atomic mass is 10.2. The van der Waals surface area contributed by atoms with Gasteiger partial charge in [-0.3, -0.25) is 4.79 Å². The van der Waals surface area contributed by atoms with Crippen molar-refractivity contribution in [1.82, 2.24) is 5.32 Å². The quantitative estimate of drug-likeness (QED) is 0.671. The Bertz CT molecular complexity index is 521. The number of alkyl halides is 2. The number of methoxy groups -OCH3 is 1. The summed E-state index contributed by atoms with van der Waals surface area (Å²) in [4.78, 5) is 12.0. The third-order valence-corrected chi connectivity index (χ3v) is 3.44. The van der Waals surface area contributed by atoms with Crippen LogP contribution < -0.4 is 14.8 Å². The number of benzene rings is 1. The molecule has 0 spiro atoms. The second kappa shape index (κ2) is 8.67. The first kappa shape index (κ1) is 17.5. The highest BCUT2D eigenvalue weighted by molar-refractivity contribution is 5.94. The molecule has 1 fully saturated rings. The molecule has 0 bridgehead atoms. The SMILES string of the molecule is COc1cc(C(=O)NCCCOCC2CC2)ccc1OC(F)F. The Kier molecular flexibility index (Phi) is 6.58. The zero-order valence-corrected chi connectivity index (χ0v) is 13.0. The van der Waals surface area contributed by atoms with Gasteiger partial charge in [-0.2, -0.15) is 8.78 Å². The molecule has 1 saturated carbocycles. The number of ether oxygens (including phenoxy) is 3. The van der Waals surface area contributed by atoms with Crippen molar-refractivity contribution in [2.45, 2.75) is 25.9 Å². The monoisotopic (exact) mass is 329 g/mol. The Labute approximate surface area is 133 Å². The number of carbonyl (C=O) groups excluding carboxylic acids is 1. The lowest BCUT2D eigenvalue weighted by molar-refractivity contribution is -0.0512. The van der Waals surface area contributed by atoms with Crippen molar-refractivity contribution in [2.75, 3.05) is 26.9 Å². The number of carbonyl (C=O) groups is 1. The van der Waals surface area contributed by atoms with Gasteiger partial charge in [0.05, 0.1) is 7.11 Å². The molecular formula is C16H21F2NO4. The summed E-state index contributed by atoms with van der Waals surface area (Å²) in [7, 11) is 1.33. The topological polar surface area (TPSA) is 56.8 Å². The van der Waals surface area contributed by atoms with E-state index in [2.05, 4.69) is 10.1 Å². The highest BCUT2D eigenvalue weighted by Crippen LogP contribution is 2.29. The van der Waals surface area contributed by atoms with Crippen LogP contribution in [0.2, 0.25) is 0 Å². The molecule has 1 aromatic rings. The largest absolute Gasteiger partial charge is 0.493 e. The van der Waals surface area contributed by atoms with Crippen LogP contribution in [0.5, 0.6) is 11.5 Å². The molecule has 0 aromatic heterocycles. The van der Waals surface area contributed by atoms with Gasteiger partial charge in [0.2, 0.25) is 0 Å². The fourth-order valence-electron chi connectivity index (χ4n) is 2.01. The first-order chi connectivity index (χ1) is 11.1. The molecule has 1 amide bonds. The summed E-state index contributed by atoms with van der Waals surface area (Å²) >= 11 is 0. The van der Waals surface area contributed by atoms with Crippen LogP contribution in [0.15, 0.2) is 18.2 Å². The third kappa shape index (κ3) is 6.02. The van der Waals surface area contributed by atoms with Crippen molar-refractivity contribution in [3.8, 4) is 11.5 Å². The number of halogens is 2. The van der Waals surface area contributed by atoms with Gasteiger partial charge in [0.15, 0.2) is 11.5 Å². The van der Waals surface area contributed by atoms with Crippen LogP contribution in [0.3, 0.4) is 0 Å². The first-order valence-corrected chi connectivity index (χ1v) is 7.59. The fourth-order valence-corrected chi connectivity index (χ4v) is 2.01. The molecule has 1 aliphatic carbocycles. The maximum Gasteiger partial charge on any atom is 0.387 e. The van der Waals surface area contributed by atoms with Gasteiger partial charge in [0.1, 0.15) is 0 Å². The Hall–Kier alpha value is -1.89. The van der Waals surface area contributed by atoms with Crippen LogP contribution in [-0.4, -0.2) is 39.4 Å². The molecule has 0 aliphatic heterocycles. The minimum Gasteiger partial charge on any atom is -0.493 e. The molecular weight excluding hydrogens is 308 g/mol. The molecule has 0 radical (unpaired) electrons. The van der Waals surface area contributed by atoms with Gasteiger partial charge >= 0.3 is 6.61 Å². The van der Waals surface area contributed by atoms with Gasteiger partial charge in [0.25, 0.3) is 5.91 Å². The summed E-state index contributed by atoms with van der Waals surface area (Å²) in [6.07, 6.45) is 3.23. The van der Waals surface area contributed by atoms with Crippen LogP contribution >= 0.6 is 0 Å². The van der Waals surface area contributed by atoms with Crippen LogP contribution in [0.25, 0.3) is 0 Å². The number of rotatable bonds is 10. The second-order valence-corrected chi connectivity index (χ2v) is 5.37. The van der Waals surface area contributed by atoms with E-state index in [-0.39, 0.29) is 17.4 Å². The third-order valence-electron chi connectivity index (χ3n) is 3.44. The Morgan fingerprint density at radius 1 is 1.35 bits per heavy atom. The summed E-state index contributed by atoms with van der Waals surface area (Å²) in [6.45, 7) is -1.04. The summed E-state index contributed by atoms with van der Waals surface area (Å²) in [5, 5.41) is 2.75. The van der Waals surface area contributed by atoms with E-state index in [1.54, 1.807) is 0 Å². The van der Waals surface area contributed by atoms with Gasteiger partial charge < -0.3 is 19.5 Å². The summed E-state index contributed by atoms with van der Waals surface area (Å²) < 4.78 is 39.3. The average molecular weight is 329 g/mol. The summed E-state index contributed by atoms with van der Waals surface area (Å²) in [5.41, 5.74) is 0.322. The van der Waals surface area contributed by atoms with Gasteiger partial charge in [-0.15, -0.1) is 0 Å². The van der Waals surface area contributed by atoms with E-state index in [1.165, 1.54) is 38.2 Å². The minimum atomic E-state index is -2.95. The number of amides is 1. The fraction of sp³-hybridized carbons (Fsp3) is 0.562. The molecule has 0 atom stereocenters. The number of nitrogens with one attached hydrogen (secondary N) is 1. The number of hydrogen-bond donors (Lipinski definition) is 1. The molecule has 23 heavy (non-hydrogen) atoms. The van der Waals surface area contributed by atoms with Gasteiger partial charge in [-0.25, -0.2) is 0 Å². The zero-order chi connectivity index (χ0) is 16.7. The standard InChI is InChI=1S/C16H21F2NO4/c1-21-14-9-12(5-6-13(14)23-16(17)18)15(20)19-7-2-8-22-10-11-3-4-11/h5-6,9,11,16H,2-4,7-8,10H2,1H3,(H,19,20). The van der Waals surface area contributed by atoms with Gasteiger partial charge in [0, 0.05) is 25.3 Å². The van der Waals surface area contributed by atoms with Crippen LogP contribution in [0.4, 0.5) is 8.78 Å². The predicted molar refractivity (Wildman–Crippen MR) is 80.1 cm³/mol. The van der Waals surface area contributed by atoms with E-state index in [4.69, 9.17) is 9.47 Å². The second-order valence-electron chi connectivity index (χ2n) is 5.37. The van der Waals surface area contributed by atoms with E-state index in [9.17, 15) is 13.6 Å². The smallest absolute Gasteiger partial charge is 0.387 e. The number of hydrogen-bond acceptors (Lipinski definition) is 4. The summed E-state index contributed by atoms with van der Waals surface area (Å²) in [5.74, 6) is 0.415.